The molecule has 0 aromatic heterocycles. The van der Waals surface area contributed by atoms with Crippen LogP contribution in [-0.2, 0) is 0 Å². The number of halogens is 2. The van der Waals surface area contributed by atoms with Crippen molar-refractivity contribution in [2.45, 2.75) is 0 Å². The van der Waals surface area contributed by atoms with Crippen molar-refractivity contribution >= 4 is 26.1 Å². The van der Waals surface area contributed by atoms with E-state index in [0.717, 1.165) is 28.6 Å². The molecule has 0 heterocycles. The second kappa shape index (κ2) is 2.64. The van der Waals surface area contributed by atoms with Crippen molar-refractivity contribution in [2.75, 3.05) is 0 Å². The van der Waals surface area contributed by atoms with Gasteiger partial charge in [0, 0.05) is 0 Å². The molecule has 0 bridgehead atoms. The molecule has 0 spiro atoms. The molecule has 3 heteroatoms. The Morgan fingerprint density at radius 2 is 1.89 bits per heavy atom. The van der Waals surface area contributed by atoms with Gasteiger partial charge in [0.1, 0.15) is 0 Å². The maximum absolute atomic E-state index is 12.4. The average molecular weight is 232 g/mol. The third-order valence-corrected chi connectivity index (χ3v) is 2.05. The molecule has 0 amide bonds. The molecule has 0 nitrogen and oxygen atoms in total. The third kappa shape index (κ3) is 1.41. The predicted molar refractivity (Wildman–Crippen MR) is 31.7 cm³/mol. The summed E-state index contributed by atoms with van der Waals surface area (Å²) in [7, 11) is 0. The van der Waals surface area contributed by atoms with Crippen LogP contribution in [0.25, 0.3) is 0 Å². The number of rotatable bonds is 0. The van der Waals surface area contributed by atoms with E-state index in [4.69, 9.17) is 0 Å². The Bertz CT molecular complexity index is 202. The van der Waals surface area contributed by atoms with E-state index >= 15 is 0 Å². The fraction of sp³-hybridized carbons (Fsp3) is 0. The van der Waals surface area contributed by atoms with E-state index in [1.165, 1.54) is 6.07 Å². The van der Waals surface area contributed by atoms with Crippen molar-refractivity contribution in [3.63, 3.8) is 0 Å². The summed E-state index contributed by atoms with van der Waals surface area (Å²) in [6.07, 6.45) is 0. The Morgan fingerprint density at radius 1 is 1.22 bits per heavy atom. The van der Waals surface area contributed by atoms with Gasteiger partial charge in [-0.05, 0) is 0 Å². The van der Waals surface area contributed by atoms with Gasteiger partial charge in [-0.3, -0.25) is 0 Å². The zero-order valence-electron chi connectivity index (χ0n) is 4.49. The Balaban J connectivity index is 3.25. The van der Waals surface area contributed by atoms with Crippen molar-refractivity contribution < 1.29 is 8.78 Å². The van der Waals surface area contributed by atoms with E-state index in [0.29, 0.717) is 3.58 Å². The van der Waals surface area contributed by atoms with Crippen LogP contribution in [-0.4, -0.2) is 22.5 Å². The molecule has 45 valence electrons. The van der Waals surface area contributed by atoms with E-state index in [1.54, 1.807) is 6.07 Å². The van der Waals surface area contributed by atoms with Gasteiger partial charge in [-0.1, -0.05) is 0 Å². The van der Waals surface area contributed by atoms with Crippen LogP contribution < -0.4 is 3.58 Å². The third-order valence-electron chi connectivity index (χ3n) is 0.952. The molecular weight excluding hydrogens is 229 g/mol. The van der Waals surface area contributed by atoms with E-state index in [1.807, 2.05) is 0 Å². The van der Waals surface area contributed by atoms with Gasteiger partial charge in [0.15, 0.2) is 0 Å². The van der Waals surface area contributed by atoms with Gasteiger partial charge < -0.3 is 0 Å². The predicted octanol–water partition coefficient (Wildman–Crippen LogP) is 0.759. The standard InChI is InChI=1S/C6H3F2.Sn/c7-5-3-1-2-4-6(5)8;/h1-3H;. The first kappa shape index (κ1) is 6.99. The molecule has 3 radical (unpaired) electrons. The molecule has 1 aromatic carbocycles. The Hall–Kier alpha value is -0.121. The van der Waals surface area contributed by atoms with Crippen LogP contribution in [0.1, 0.15) is 0 Å². The number of benzene rings is 1. The Morgan fingerprint density at radius 3 is 2.33 bits per heavy atom. The fourth-order valence-electron chi connectivity index (χ4n) is 0.504. The van der Waals surface area contributed by atoms with Gasteiger partial charge in [0.05, 0.1) is 0 Å². The summed E-state index contributed by atoms with van der Waals surface area (Å²) in [6.45, 7) is 0. The first-order valence-corrected chi connectivity index (χ1v) is 3.80. The first-order valence-electron chi connectivity index (χ1n) is 2.37. The molecule has 0 saturated carbocycles. The molecule has 9 heavy (non-hydrogen) atoms. The minimum absolute atomic E-state index is 0.433. The summed E-state index contributed by atoms with van der Waals surface area (Å²) in [4.78, 5) is 0. The molecule has 0 aliphatic rings. The van der Waals surface area contributed by atoms with Gasteiger partial charge in [-0.15, -0.1) is 0 Å². The molecular formula is C6H3F2Sn. The normalized spacial score (nSPS) is 9.67. The van der Waals surface area contributed by atoms with Crippen LogP contribution >= 0.6 is 0 Å². The van der Waals surface area contributed by atoms with E-state index in [9.17, 15) is 8.78 Å². The molecule has 0 N–H and O–H groups in total. The van der Waals surface area contributed by atoms with Crippen LogP contribution in [0, 0.1) is 11.6 Å². The molecule has 1 aromatic rings. The van der Waals surface area contributed by atoms with Gasteiger partial charge in [0.25, 0.3) is 0 Å². The van der Waals surface area contributed by atoms with Crippen LogP contribution in [0.5, 0.6) is 0 Å². The zero-order valence-corrected chi connectivity index (χ0v) is 7.34. The maximum atomic E-state index is 12.4. The van der Waals surface area contributed by atoms with Crippen LogP contribution in [0.2, 0.25) is 0 Å². The molecule has 0 fully saturated rings. The molecule has 0 aliphatic carbocycles. The summed E-state index contributed by atoms with van der Waals surface area (Å²) in [5.41, 5.74) is 0. The summed E-state index contributed by atoms with van der Waals surface area (Å²) in [5.74, 6) is -1.47. The second-order valence-corrected chi connectivity index (χ2v) is 3.14. The van der Waals surface area contributed by atoms with E-state index in [-0.39, 0.29) is 0 Å². The van der Waals surface area contributed by atoms with Gasteiger partial charge >= 0.3 is 64.7 Å². The zero-order chi connectivity index (χ0) is 6.85. The Labute approximate surface area is 65.0 Å². The first-order chi connectivity index (χ1) is 4.22. The van der Waals surface area contributed by atoms with Crippen molar-refractivity contribution in [3.05, 3.63) is 29.8 Å². The fourth-order valence-corrected chi connectivity index (χ4v) is 1.12. The molecule has 0 unspecified atom stereocenters. The molecule has 0 aliphatic heterocycles. The minimum atomic E-state index is -0.760. The van der Waals surface area contributed by atoms with Gasteiger partial charge in [-0.2, -0.15) is 0 Å². The number of hydrogen-bond donors (Lipinski definition) is 0. The second-order valence-electron chi connectivity index (χ2n) is 1.60. The molecule has 1 rings (SSSR count). The van der Waals surface area contributed by atoms with Crippen molar-refractivity contribution in [1.82, 2.24) is 0 Å². The summed E-state index contributed by atoms with van der Waals surface area (Å²) >= 11 is 0.900. The number of hydrogen-bond acceptors (Lipinski definition) is 0. The van der Waals surface area contributed by atoms with Crippen LogP contribution in [0.4, 0.5) is 8.78 Å². The molecule has 0 atom stereocenters. The van der Waals surface area contributed by atoms with Crippen molar-refractivity contribution in [2.24, 2.45) is 0 Å². The quantitative estimate of drug-likeness (QED) is 0.579. The van der Waals surface area contributed by atoms with Gasteiger partial charge in [-0.25, -0.2) is 0 Å². The SMILES string of the molecule is Fc1ccc[c]([Sn])c1F. The van der Waals surface area contributed by atoms with Crippen LogP contribution in [0.3, 0.4) is 0 Å². The van der Waals surface area contributed by atoms with Crippen LogP contribution in [0.15, 0.2) is 18.2 Å². The summed E-state index contributed by atoms with van der Waals surface area (Å²) in [6, 6.07) is 4.18. The Kier molecular flexibility index (Phi) is 2.05. The van der Waals surface area contributed by atoms with Crippen molar-refractivity contribution in [3.8, 4) is 0 Å². The summed E-state index contributed by atoms with van der Waals surface area (Å²) < 4.78 is 25.0. The molecule has 0 saturated heterocycles. The summed E-state index contributed by atoms with van der Waals surface area (Å²) in [5, 5.41) is 0. The monoisotopic (exact) mass is 233 g/mol. The van der Waals surface area contributed by atoms with Crippen molar-refractivity contribution in [1.29, 1.82) is 0 Å². The average Bonchev–Trinajstić information content (AvgIpc) is 1.83. The van der Waals surface area contributed by atoms with E-state index in [2.05, 4.69) is 0 Å². The topological polar surface area (TPSA) is 0 Å². The van der Waals surface area contributed by atoms with Gasteiger partial charge in [0.2, 0.25) is 0 Å². The van der Waals surface area contributed by atoms with E-state index < -0.39 is 11.6 Å².